The topological polar surface area (TPSA) is 69.3 Å². The van der Waals surface area contributed by atoms with Gasteiger partial charge >= 0.3 is 0 Å². The molecule has 7 heteroatoms. The summed E-state index contributed by atoms with van der Waals surface area (Å²) < 4.78 is 0. The molecule has 3 aromatic rings. The highest BCUT2D eigenvalue weighted by atomic mass is 32.1. The van der Waals surface area contributed by atoms with Crippen molar-refractivity contribution in [3.05, 3.63) is 52.5 Å². The average Bonchev–Trinajstić information content (AvgIpc) is 3.36. The van der Waals surface area contributed by atoms with Gasteiger partial charge in [-0.15, -0.1) is 11.3 Å². The molecule has 2 fully saturated rings. The van der Waals surface area contributed by atoms with Gasteiger partial charge in [0.15, 0.2) is 0 Å². The lowest BCUT2D eigenvalue weighted by molar-refractivity contribution is 0.0959. The number of anilines is 2. The fourth-order valence-corrected chi connectivity index (χ4v) is 6.05. The van der Waals surface area contributed by atoms with E-state index >= 15 is 0 Å². The van der Waals surface area contributed by atoms with E-state index in [1.54, 1.807) is 0 Å². The molecule has 0 unspecified atom stereocenters. The van der Waals surface area contributed by atoms with E-state index in [1.165, 1.54) is 35.4 Å². The number of aryl methyl sites for hydroxylation is 1. The van der Waals surface area contributed by atoms with Gasteiger partial charge in [0.25, 0.3) is 5.91 Å². The smallest absolute Gasteiger partial charge is 0.263 e. The number of thiophene rings is 1. The number of carbonyl (C=O) groups is 1. The van der Waals surface area contributed by atoms with Crippen LogP contribution in [-0.4, -0.2) is 49.2 Å². The number of nitrogens with zero attached hydrogens (tertiary/aromatic N) is 2. The molecule has 3 N–H and O–H groups in total. The Kier molecular flexibility index (Phi) is 6.51. The Hall–Kier alpha value is -2.64. The zero-order valence-electron chi connectivity index (χ0n) is 19.5. The van der Waals surface area contributed by atoms with Crippen LogP contribution in [0.15, 0.2) is 36.4 Å². The Morgan fingerprint density at radius 1 is 1.12 bits per heavy atom. The van der Waals surface area contributed by atoms with Gasteiger partial charge < -0.3 is 20.9 Å². The molecule has 1 amide bonds. The predicted octanol–water partition coefficient (Wildman–Crippen LogP) is 4.34. The van der Waals surface area contributed by atoms with Crippen molar-refractivity contribution in [1.29, 1.82) is 0 Å². The lowest BCUT2D eigenvalue weighted by atomic mass is 10.1. The Balaban J connectivity index is 1.20. The standard InChI is InChI=1S/C26H33N5OS/c1-3-13-27-23-22-11-4-17(2)29-26(22)33-24(23)25(32)28-14-12-18-5-9-21(10-6-18)31-15-19-7-8-20(16-31)30-19/h4-6,9-11,19-20,27,30H,3,7-8,12-16H2,1-2H3,(H,28,32)/t19-,20+. The maximum Gasteiger partial charge on any atom is 0.263 e. The molecule has 174 valence electrons. The third kappa shape index (κ3) is 4.84. The Labute approximate surface area is 199 Å². The van der Waals surface area contributed by atoms with Crippen LogP contribution in [0.3, 0.4) is 0 Å². The van der Waals surface area contributed by atoms with Crippen LogP contribution in [0.5, 0.6) is 0 Å². The third-order valence-corrected chi connectivity index (χ3v) is 7.77. The number of piperazine rings is 1. The molecule has 2 bridgehead atoms. The molecule has 6 nitrogen and oxygen atoms in total. The van der Waals surface area contributed by atoms with Crippen LogP contribution >= 0.6 is 11.3 Å². The Bertz CT molecular complexity index is 1110. The first kappa shape index (κ1) is 22.2. The average molecular weight is 464 g/mol. The molecule has 1 aromatic carbocycles. The molecule has 4 heterocycles. The quantitative estimate of drug-likeness (QED) is 0.464. The third-order valence-electron chi connectivity index (χ3n) is 6.67. The van der Waals surface area contributed by atoms with Crippen molar-refractivity contribution in [1.82, 2.24) is 15.6 Å². The van der Waals surface area contributed by atoms with Gasteiger partial charge in [0.05, 0.1) is 5.69 Å². The summed E-state index contributed by atoms with van der Waals surface area (Å²) in [5.74, 6) is -0.0258. The molecule has 0 aliphatic carbocycles. The molecule has 2 atom stereocenters. The van der Waals surface area contributed by atoms with Gasteiger partial charge in [-0.1, -0.05) is 19.1 Å². The molecule has 2 aliphatic rings. The monoisotopic (exact) mass is 463 g/mol. The second-order valence-electron chi connectivity index (χ2n) is 9.25. The van der Waals surface area contributed by atoms with E-state index in [0.29, 0.717) is 18.6 Å². The number of rotatable bonds is 8. The van der Waals surface area contributed by atoms with E-state index < -0.39 is 0 Å². The molecule has 2 aromatic heterocycles. The van der Waals surface area contributed by atoms with E-state index in [1.807, 2.05) is 13.0 Å². The van der Waals surface area contributed by atoms with Crippen LogP contribution in [-0.2, 0) is 6.42 Å². The highest BCUT2D eigenvalue weighted by molar-refractivity contribution is 7.21. The first-order valence-electron chi connectivity index (χ1n) is 12.1. The van der Waals surface area contributed by atoms with Gasteiger partial charge in [-0.2, -0.15) is 0 Å². The van der Waals surface area contributed by atoms with Crippen LogP contribution in [0.2, 0.25) is 0 Å². The SMILES string of the molecule is CCCNc1c(C(=O)NCCc2ccc(N3C[C@H]4CC[C@@H](C3)N4)cc2)sc2nc(C)ccc12. The zero-order chi connectivity index (χ0) is 22.8. The van der Waals surface area contributed by atoms with Crippen molar-refractivity contribution in [2.45, 2.75) is 51.6 Å². The summed E-state index contributed by atoms with van der Waals surface area (Å²) in [5.41, 5.74) is 4.43. The van der Waals surface area contributed by atoms with Crippen molar-refractivity contribution in [3.8, 4) is 0 Å². The van der Waals surface area contributed by atoms with Gasteiger partial charge in [-0.3, -0.25) is 4.79 Å². The summed E-state index contributed by atoms with van der Waals surface area (Å²) in [6.07, 6.45) is 4.41. The molecule has 2 saturated heterocycles. The Morgan fingerprint density at radius 2 is 1.88 bits per heavy atom. The molecule has 2 aliphatic heterocycles. The summed E-state index contributed by atoms with van der Waals surface area (Å²) >= 11 is 1.47. The van der Waals surface area contributed by atoms with Gasteiger partial charge in [0, 0.05) is 55.0 Å². The van der Waals surface area contributed by atoms with Gasteiger partial charge in [-0.05, 0) is 62.4 Å². The number of benzene rings is 1. The Morgan fingerprint density at radius 3 is 2.61 bits per heavy atom. The van der Waals surface area contributed by atoms with Crippen molar-refractivity contribution < 1.29 is 4.79 Å². The summed E-state index contributed by atoms with van der Waals surface area (Å²) in [7, 11) is 0. The summed E-state index contributed by atoms with van der Waals surface area (Å²) in [5, 5.41) is 11.3. The number of fused-ring (bicyclic) bond motifs is 3. The highest BCUT2D eigenvalue weighted by Crippen LogP contribution is 2.35. The zero-order valence-corrected chi connectivity index (χ0v) is 20.3. The lowest BCUT2D eigenvalue weighted by Gasteiger charge is -2.34. The molecule has 0 saturated carbocycles. The van der Waals surface area contributed by atoms with Crippen LogP contribution in [0.25, 0.3) is 10.2 Å². The molecule has 5 rings (SSSR count). The summed E-state index contributed by atoms with van der Waals surface area (Å²) in [6.45, 7) is 7.76. The maximum absolute atomic E-state index is 13.0. The fraction of sp³-hybridized carbons (Fsp3) is 0.462. The molecule has 33 heavy (non-hydrogen) atoms. The van der Waals surface area contributed by atoms with Crippen LogP contribution in [0.1, 0.15) is 47.1 Å². The maximum atomic E-state index is 13.0. The summed E-state index contributed by atoms with van der Waals surface area (Å²) in [6, 6.07) is 14.2. The molecular formula is C26H33N5OS. The van der Waals surface area contributed by atoms with Crippen molar-refractivity contribution in [3.63, 3.8) is 0 Å². The van der Waals surface area contributed by atoms with Gasteiger partial charge in [0.2, 0.25) is 0 Å². The minimum absolute atomic E-state index is 0.0258. The van der Waals surface area contributed by atoms with E-state index in [4.69, 9.17) is 0 Å². The van der Waals surface area contributed by atoms with Gasteiger partial charge in [-0.25, -0.2) is 4.98 Å². The number of amides is 1. The molecule has 0 spiro atoms. The number of hydrogen-bond donors (Lipinski definition) is 3. The minimum atomic E-state index is -0.0258. The number of pyridine rings is 1. The van der Waals surface area contributed by atoms with Crippen molar-refractivity contribution >= 4 is 38.8 Å². The van der Waals surface area contributed by atoms with E-state index in [-0.39, 0.29) is 5.91 Å². The number of aromatic nitrogens is 1. The van der Waals surface area contributed by atoms with E-state index in [2.05, 4.69) is 63.1 Å². The minimum Gasteiger partial charge on any atom is -0.383 e. The number of hydrogen-bond acceptors (Lipinski definition) is 6. The first-order valence-corrected chi connectivity index (χ1v) is 12.9. The number of nitrogens with one attached hydrogen (secondary N) is 3. The predicted molar refractivity (Wildman–Crippen MR) is 138 cm³/mol. The summed E-state index contributed by atoms with van der Waals surface area (Å²) in [4.78, 5) is 21.8. The molecule has 0 radical (unpaired) electrons. The van der Waals surface area contributed by atoms with E-state index in [0.717, 1.165) is 59.0 Å². The van der Waals surface area contributed by atoms with Crippen molar-refractivity contribution in [2.24, 2.45) is 0 Å². The lowest BCUT2D eigenvalue weighted by Crippen LogP contribution is -2.51. The normalized spacial score (nSPS) is 19.8. The second kappa shape index (κ2) is 9.69. The van der Waals surface area contributed by atoms with Crippen LogP contribution in [0, 0.1) is 6.92 Å². The number of carbonyl (C=O) groups excluding carboxylic acids is 1. The molecular weight excluding hydrogens is 430 g/mol. The highest BCUT2D eigenvalue weighted by Gasteiger charge is 2.32. The largest absolute Gasteiger partial charge is 0.383 e. The first-order chi connectivity index (χ1) is 16.1. The van der Waals surface area contributed by atoms with Gasteiger partial charge in [0.1, 0.15) is 9.71 Å². The van der Waals surface area contributed by atoms with Crippen molar-refractivity contribution in [2.75, 3.05) is 36.4 Å². The second-order valence-corrected chi connectivity index (χ2v) is 10.3. The van der Waals surface area contributed by atoms with Crippen LogP contribution < -0.4 is 20.9 Å². The van der Waals surface area contributed by atoms with E-state index in [9.17, 15) is 4.79 Å². The fourth-order valence-electron chi connectivity index (χ4n) is 4.94. The van der Waals surface area contributed by atoms with Crippen LogP contribution in [0.4, 0.5) is 11.4 Å².